The van der Waals surface area contributed by atoms with Crippen LogP contribution >= 0.6 is 0 Å². The Morgan fingerprint density at radius 1 is 1.14 bits per heavy atom. The molecule has 3 rings (SSSR count). The van der Waals surface area contributed by atoms with Crippen molar-refractivity contribution in [1.29, 1.82) is 0 Å². The predicted octanol–water partition coefficient (Wildman–Crippen LogP) is 1.80. The summed E-state index contributed by atoms with van der Waals surface area (Å²) in [6.07, 6.45) is -0.0655. The van der Waals surface area contributed by atoms with E-state index < -0.39 is 17.3 Å². The van der Waals surface area contributed by atoms with Gasteiger partial charge in [-0.2, -0.15) is 0 Å². The van der Waals surface area contributed by atoms with Gasteiger partial charge in [0, 0.05) is 18.1 Å². The standard InChI is InChI=1S/C17H15NO4/c1-22-12-7-8-13-14(9-12)18-16(20)17(21,15(13)19)10-11-5-3-2-4-6-11/h2-9,21H,10H2,1H3,(H,18,20)/t17-/m1/s1. The zero-order valence-corrected chi connectivity index (χ0v) is 12.0. The number of fused-ring (bicyclic) bond motifs is 1. The summed E-state index contributed by atoms with van der Waals surface area (Å²) in [5.74, 6) is -0.791. The number of hydrogen-bond donors (Lipinski definition) is 2. The first-order chi connectivity index (χ1) is 10.5. The maximum atomic E-state index is 12.6. The number of ether oxygens (including phenoxy) is 1. The highest BCUT2D eigenvalue weighted by Gasteiger charge is 2.48. The second-order valence-electron chi connectivity index (χ2n) is 5.22. The summed E-state index contributed by atoms with van der Waals surface area (Å²) < 4.78 is 5.07. The lowest BCUT2D eigenvalue weighted by Gasteiger charge is -2.31. The Morgan fingerprint density at radius 2 is 1.86 bits per heavy atom. The highest BCUT2D eigenvalue weighted by atomic mass is 16.5. The molecular weight excluding hydrogens is 282 g/mol. The lowest BCUT2D eigenvalue weighted by atomic mass is 9.82. The summed E-state index contributed by atoms with van der Waals surface area (Å²) >= 11 is 0. The fourth-order valence-corrected chi connectivity index (χ4v) is 2.56. The van der Waals surface area contributed by atoms with Crippen molar-refractivity contribution in [3.8, 4) is 5.75 Å². The Kier molecular flexibility index (Phi) is 3.42. The Bertz CT molecular complexity index is 742. The molecule has 0 radical (unpaired) electrons. The van der Waals surface area contributed by atoms with Crippen LogP contribution in [0.15, 0.2) is 48.5 Å². The van der Waals surface area contributed by atoms with Crippen LogP contribution < -0.4 is 10.1 Å². The first-order valence-corrected chi connectivity index (χ1v) is 6.85. The molecular formula is C17H15NO4. The molecule has 2 aromatic rings. The molecule has 0 saturated carbocycles. The van der Waals surface area contributed by atoms with Crippen molar-refractivity contribution in [2.24, 2.45) is 0 Å². The number of methoxy groups -OCH3 is 1. The van der Waals surface area contributed by atoms with Gasteiger partial charge in [-0.3, -0.25) is 9.59 Å². The van der Waals surface area contributed by atoms with Crippen LogP contribution in [0.3, 0.4) is 0 Å². The van der Waals surface area contributed by atoms with E-state index in [1.165, 1.54) is 7.11 Å². The van der Waals surface area contributed by atoms with E-state index in [0.29, 0.717) is 17.0 Å². The fraction of sp³-hybridized carbons (Fsp3) is 0.176. The van der Waals surface area contributed by atoms with Crippen molar-refractivity contribution < 1.29 is 19.4 Å². The van der Waals surface area contributed by atoms with Crippen LogP contribution in [0.2, 0.25) is 0 Å². The number of nitrogens with one attached hydrogen (secondary N) is 1. The van der Waals surface area contributed by atoms with Gasteiger partial charge in [-0.05, 0) is 17.7 Å². The molecule has 0 fully saturated rings. The molecule has 2 N–H and O–H groups in total. The zero-order chi connectivity index (χ0) is 15.7. The minimum Gasteiger partial charge on any atom is -0.497 e. The van der Waals surface area contributed by atoms with Gasteiger partial charge < -0.3 is 15.2 Å². The molecule has 0 spiro atoms. The summed E-state index contributed by atoms with van der Waals surface area (Å²) in [6, 6.07) is 13.7. The number of Topliss-reactive ketones (excluding diaryl/α,β-unsaturated/α-hetero) is 1. The number of carbonyl (C=O) groups excluding carboxylic acids is 2. The minimum absolute atomic E-state index is 0.0655. The summed E-state index contributed by atoms with van der Waals surface area (Å²) in [5, 5.41) is 13.2. The van der Waals surface area contributed by atoms with Gasteiger partial charge in [0.25, 0.3) is 5.91 Å². The number of carbonyl (C=O) groups is 2. The normalized spacial score (nSPS) is 20.3. The third kappa shape index (κ3) is 2.25. The number of hydrogen-bond acceptors (Lipinski definition) is 4. The Balaban J connectivity index is 2.00. The third-order valence-corrected chi connectivity index (χ3v) is 3.77. The van der Waals surface area contributed by atoms with Crippen molar-refractivity contribution in [2.45, 2.75) is 12.0 Å². The van der Waals surface area contributed by atoms with Crippen molar-refractivity contribution in [3.05, 3.63) is 59.7 Å². The quantitative estimate of drug-likeness (QED) is 0.847. The van der Waals surface area contributed by atoms with Crippen LogP contribution in [0.25, 0.3) is 0 Å². The van der Waals surface area contributed by atoms with E-state index in [1.807, 2.05) is 6.07 Å². The molecule has 0 aliphatic carbocycles. The topological polar surface area (TPSA) is 75.6 Å². The van der Waals surface area contributed by atoms with Crippen molar-refractivity contribution in [1.82, 2.24) is 0 Å². The molecule has 2 aromatic carbocycles. The van der Waals surface area contributed by atoms with Crippen LogP contribution in [0, 0.1) is 0 Å². The van der Waals surface area contributed by atoms with Gasteiger partial charge in [0.05, 0.1) is 12.8 Å². The average Bonchev–Trinajstić information content (AvgIpc) is 2.53. The van der Waals surface area contributed by atoms with Gasteiger partial charge in [-0.15, -0.1) is 0 Å². The maximum Gasteiger partial charge on any atom is 0.264 e. The lowest BCUT2D eigenvalue weighted by molar-refractivity contribution is -0.130. The monoisotopic (exact) mass is 297 g/mol. The number of anilines is 1. The maximum absolute atomic E-state index is 12.6. The molecule has 1 atom stereocenters. The lowest BCUT2D eigenvalue weighted by Crippen LogP contribution is -2.54. The zero-order valence-electron chi connectivity index (χ0n) is 12.0. The summed E-state index contributed by atoms with van der Waals surface area (Å²) in [4.78, 5) is 24.9. The van der Waals surface area contributed by atoms with E-state index in [2.05, 4.69) is 5.32 Å². The number of ketones is 1. The van der Waals surface area contributed by atoms with Gasteiger partial charge in [-0.1, -0.05) is 30.3 Å². The van der Waals surface area contributed by atoms with Crippen LogP contribution in [-0.2, 0) is 11.2 Å². The molecule has 1 aliphatic rings. The summed E-state index contributed by atoms with van der Waals surface area (Å²) in [6.45, 7) is 0. The Labute approximate surface area is 127 Å². The fourth-order valence-electron chi connectivity index (χ4n) is 2.56. The van der Waals surface area contributed by atoms with Gasteiger partial charge in [0.2, 0.25) is 11.4 Å². The Hall–Kier alpha value is -2.66. The van der Waals surface area contributed by atoms with E-state index in [-0.39, 0.29) is 12.0 Å². The molecule has 0 saturated heterocycles. The SMILES string of the molecule is COc1ccc2c(c1)NC(=O)[C@@](O)(Cc1ccccc1)C2=O. The van der Waals surface area contributed by atoms with Crippen molar-refractivity contribution >= 4 is 17.4 Å². The van der Waals surface area contributed by atoms with Crippen molar-refractivity contribution in [2.75, 3.05) is 12.4 Å². The highest BCUT2D eigenvalue weighted by molar-refractivity contribution is 6.26. The second kappa shape index (κ2) is 5.27. The molecule has 112 valence electrons. The molecule has 0 unspecified atom stereocenters. The summed E-state index contributed by atoms with van der Waals surface area (Å²) in [7, 11) is 1.50. The van der Waals surface area contributed by atoms with Crippen LogP contribution in [0.1, 0.15) is 15.9 Å². The van der Waals surface area contributed by atoms with Crippen LogP contribution in [0.4, 0.5) is 5.69 Å². The highest BCUT2D eigenvalue weighted by Crippen LogP contribution is 2.32. The molecule has 1 amide bonds. The molecule has 0 aromatic heterocycles. The average molecular weight is 297 g/mol. The molecule has 1 aliphatic heterocycles. The van der Waals surface area contributed by atoms with E-state index >= 15 is 0 Å². The smallest absolute Gasteiger partial charge is 0.264 e. The largest absolute Gasteiger partial charge is 0.497 e. The predicted molar refractivity (Wildman–Crippen MR) is 81.1 cm³/mol. The Morgan fingerprint density at radius 3 is 2.55 bits per heavy atom. The van der Waals surface area contributed by atoms with Crippen LogP contribution in [-0.4, -0.2) is 29.5 Å². The molecule has 1 heterocycles. The van der Waals surface area contributed by atoms with Gasteiger partial charge in [0.15, 0.2) is 0 Å². The molecule has 0 bridgehead atoms. The van der Waals surface area contributed by atoms with E-state index in [9.17, 15) is 14.7 Å². The van der Waals surface area contributed by atoms with E-state index in [4.69, 9.17) is 4.74 Å². The second-order valence-corrected chi connectivity index (χ2v) is 5.22. The molecule has 5 heteroatoms. The first-order valence-electron chi connectivity index (χ1n) is 6.85. The number of aliphatic hydroxyl groups is 1. The third-order valence-electron chi connectivity index (χ3n) is 3.77. The van der Waals surface area contributed by atoms with E-state index in [1.54, 1.807) is 42.5 Å². The number of amides is 1. The van der Waals surface area contributed by atoms with Gasteiger partial charge in [0.1, 0.15) is 5.75 Å². The molecule has 22 heavy (non-hydrogen) atoms. The summed E-state index contributed by atoms with van der Waals surface area (Å²) in [5.41, 5.74) is -0.750. The van der Waals surface area contributed by atoms with Gasteiger partial charge in [-0.25, -0.2) is 0 Å². The minimum atomic E-state index is -2.09. The number of benzene rings is 2. The van der Waals surface area contributed by atoms with E-state index in [0.717, 1.165) is 0 Å². The van der Waals surface area contributed by atoms with Gasteiger partial charge >= 0.3 is 0 Å². The number of rotatable bonds is 3. The van der Waals surface area contributed by atoms with Crippen LogP contribution in [0.5, 0.6) is 5.75 Å². The first kappa shape index (κ1) is 14.3. The molecule has 5 nitrogen and oxygen atoms in total. The van der Waals surface area contributed by atoms with Crippen molar-refractivity contribution in [3.63, 3.8) is 0 Å².